The molecule has 4 heteroatoms. The van der Waals surface area contributed by atoms with Crippen molar-refractivity contribution in [3.8, 4) is 0 Å². The summed E-state index contributed by atoms with van der Waals surface area (Å²) in [5.41, 5.74) is 2.69. The highest BCUT2D eigenvalue weighted by molar-refractivity contribution is 5.23. The smallest absolute Gasteiger partial charge is 0.0936 e. The van der Waals surface area contributed by atoms with Crippen LogP contribution in [0, 0.1) is 0 Å². The van der Waals surface area contributed by atoms with Gasteiger partial charge in [0.15, 0.2) is 0 Å². The van der Waals surface area contributed by atoms with E-state index in [0.717, 1.165) is 52.5 Å². The fourth-order valence-corrected chi connectivity index (χ4v) is 3.04. The summed E-state index contributed by atoms with van der Waals surface area (Å²) < 4.78 is 10.7. The van der Waals surface area contributed by atoms with Crippen LogP contribution >= 0.6 is 0 Å². The Morgan fingerprint density at radius 3 is 1.75 bits per heavy atom. The third kappa shape index (κ3) is 5.87. The number of nitrogens with zero attached hydrogens (tertiary/aromatic N) is 2. The van der Waals surface area contributed by atoms with Gasteiger partial charge >= 0.3 is 0 Å². The first-order valence-corrected chi connectivity index (χ1v) is 8.74. The molecule has 1 aromatic rings. The van der Waals surface area contributed by atoms with E-state index in [1.807, 2.05) is 12.2 Å². The van der Waals surface area contributed by atoms with Crippen LogP contribution in [0.25, 0.3) is 0 Å². The first-order valence-electron chi connectivity index (χ1n) is 8.74. The average molecular weight is 328 g/mol. The van der Waals surface area contributed by atoms with Gasteiger partial charge in [-0.25, -0.2) is 0 Å². The molecule has 0 N–H and O–H groups in total. The van der Waals surface area contributed by atoms with E-state index in [0.29, 0.717) is 12.2 Å². The largest absolute Gasteiger partial charge is 0.372 e. The monoisotopic (exact) mass is 328 g/mol. The van der Waals surface area contributed by atoms with Crippen molar-refractivity contribution in [2.24, 2.45) is 0 Å². The zero-order chi connectivity index (χ0) is 16.8. The van der Waals surface area contributed by atoms with Crippen LogP contribution in [-0.4, -0.2) is 61.4 Å². The molecule has 2 heterocycles. The third-order valence-electron chi connectivity index (χ3n) is 4.31. The minimum absolute atomic E-state index is 0.412. The fourth-order valence-electron chi connectivity index (χ4n) is 3.04. The zero-order valence-electron chi connectivity index (χ0n) is 14.4. The Balaban J connectivity index is 1.58. The second kappa shape index (κ2) is 8.58. The van der Waals surface area contributed by atoms with Crippen molar-refractivity contribution in [1.82, 2.24) is 9.80 Å². The summed E-state index contributed by atoms with van der Waals surface area (Å²) in [4.78, 5) is 4.78. The van der Waals surface area contributed by atoms with E-state index in [2.05, 4.69) is 47.2 Å². The van der Waals surface area contributed by atoms with E-state index >= 15 is 0 Å². The molecule has 0 radical (unpaired) electrons. The zero-order valence-corrected chi connectivity index (χ0v) is 14.4. The SMILES string of the molecule is C=CCN(Cc1cccc(CN(CC=C)CC2CO2)c1)CC1CO1. The standard InChI is InChI=1S/C20H28N2O2/c1-3-8-21(13-19-15-23-19)11-17-6-5-7-18(10-17)12-22(9-4-2)14-20-16-24-20/h3-7,10,19-20H,1-2,8-9,11-16H2. The van der Waals surface area contributed by atoms with E-state index in [9.17, 15) is 0 Å². The molecule has 24 heavy (non-hydrogen) atoms. The highest BCUT2D eigenvalue weighted by Crippen LogP contribution is 2.17. The van der Waals surface area contributed by atoms with Crippen molar-refractivity contribution >= 4 is 0 Å². The minimum atomic E-state index is 0.412. The van der Waals surface area contributed by atoms with E-state index in [4.69, 9.17) is 9.47 Å². The highest BCUT2D eigenvalue weighted by atomic mass is 16.6. The molecule has 0 spiro atoms. The maximum Gasteiger partial charge on any atom is 0.0936 e. The Bertz CT molecular complexity index is 507. The maximum absolute atomic E-state index is 5.37. The van der Waals surface area contributed by atoms with Crippen molar-refractivity contribution < 1.29 is 9.47 Å². The lowest BCUT2D eigenvalue weighted by Crippen LogP contribution is -2.28. The van der Waals surface area contributed by atoms with Crippen LogP contribution < -0.4 is 0 Å². The van der Waals surface area contributed by atoms with Crippen molar-refractivity contribution in [3.63, 3.8) is 0 Å². The van der Waals surface area contributed by atoms with Crippen LogP contribution in [0.3, 0.4) is 0 Å². The van der Waals surface area contributed by atoms with Crippen molar-refractivity contribution in [2.75, 3.05) is 39.4 Å². The molecule has 2 atom stereocenters. The minimum Gasteiger partial charge on any atom is -0.372 e. The van der Waals surface area contributed by atoms with Gasteiger partial charge in [-0.2, -0.15) is 0 Å². The maximum atomic E-state index is 5.37. The van der Waals surface area contributed by atoms with Gasteiger partial charge in [0, 0.05) is 39.3 Å². The van der Waals surface area contributed by atoms with E-state index in [-0.39, 0.29) is 0 Å². The van der Waals surface area contributed by atoms with Gasteiger partial charge in [-0.15, -0.1) is 13.2 Å². The molecule has 3 rings (SSSR count). The number of hydrogen-bond acceptors (Lipinski definition) is 4. The summed E-state index contributed by atoms with van der Waals surface area (Å²) in [5, 5.41) is 0. The summed E-state index contributed by atoms with van der Waals surface area (Å²) >= 11 is 0. The Kier molecular flexibility index (Phi) is 6.21. The van der Waals surface area contributed by atoms with Crippen molar-refractivity contribution in [1.29, 1.82) is 0 Å². The Morgan fingerprint density at radius 1 is 0.917 bits per heavy atom. The number of epoxide rings is 2. The Morgan fingerprint density at radius 2 is 1.38 bits per heavy atom. The molecule has 2 aliphatic rings. The number of benzene rings is 1. The first kappa shape index (κ1) is 17.4. The predicted octanol–water partition coefficient (Wildman–Crippen LogP) is 2.46. The van der Waals surface area contributed by atoms with Crippen LogP contribution in [0.15, 0.2) is 49.6 Å². The van der Waals surface area contributed by atoms with E-state index in [1.165, 1.54) is 11.1 Å². The molecule has 0 amide bonds. The van der Waals surface area contributed by atoms with Gasteiger partial charge in [-0.1, -0.05) is 36.4 Å². The normalized spacial score (nSPS) is 21.9. The van der Waals surface area contributed by atoms with Crippen LogP contribution in [0.2, 0.25) is 0 Å². The quantitative estimate of drug-likeness (QED) is 0.436. The van der Waals surface area contributed by atoms with Gasteiger partial charge in [0.05, 0.1) is 25.4 Å². The molecule has 0 aliphatic carbocycles. The summed E-state index contributed by atoms with van der Waals surface area (Å²) in [6, 6.07) is 8.88. The van der Waals surface area contributed by atoms with E-state index < -0.39 is 0 Å². The molecule has 2 fully saturated rings. The van der Waals surface area contributed by atoms with Gasteiger partial charge in [0.1, 0.15) is 0 Å². The van der Waals surface area contributed by atoms with Gasteiger partial charge in [0.2, 0.25) is 0 Å². The lowest BCUT2D eigenvalue weighted by Gasteiger charge is -2.22. The molecule has 0 saturated carbocycles. The van der Waals surface area contributed by atoms with Crippen molar-refractivity contribution in [3.05, 3.63) is 60.7 Å². The molecule has 0 aromatic heterocycles. The Hall–Kier alpha value is -1.46. The number of ether oxygens (including phenoxy) is 2. The first-order chi connectivity index (χ1) is 11.8. The number of rotatable bonds is 12. The summed E-state index contributed by atoms with van der Waals surface area (Å²) in [7, 11) is 0. The lowest BCUT2D eigenvalue weighted by molar-refractivity contribution is 0.252. The van der Waals surface area contributed by atoms with Crippen LogP contribution in [0.4, 0.5) is 0 Å². The summed E-state index contributed by atoms with van der Waals surface area (Å²) in [6.07, 6.45) is 4.76. The van der Waals surface area contributed by atoms with Crippen molar-refractivity contribution in [2.45, 2.75) is 25.3 Å². The van der Waals surface area contributed by atoms with Gasteiger partial charge in [-0.05, 0) is 11.1 Å². The molecule has 2 aliphatic heterocycles. The van der Waals surface area contributed by atoms with Gasteiger partial charge < -0.3 is 9.47 Å². The summed E-state index contributed by atoms with van der Waals surface area (Å²) in [5.74, 6) is 0. The molecular weight excluding hydrogens is 300 g/mol. The van der Waals surface area contributed by atoms with Crippen LogP contribution in [-0.2, 0) is 22.6 Å². The molecule has 2 unspecified atom stereocenters. The van der Waals surface area contributed by atoms with Crippen LogP contribution in [0.1, 0.15) is 11.1 Å². The van der Waals surface area contributed by atoms with E-state index in [1.54, 1.807) is 0 Å². The fraction of sp³-hybridized carbons (Fsp3) is 0.500. The predicted molar refractivity (Wildman–Crippen MR) is 96.9 cm³/mol. The molecule has 130 valence electrons. The molecule has 4 nitrogen and oxygen atoms in total. The topological polar surface area (TPSA) is 31.5 Å². The molecular formula is C20H28N2O2. The lowest BCUT2D eigenvalue weighted by atomic mass is 10.1. The molecule has 1 aromatic carbocycles. The van der Waals surface area contributed by atoms with Gasteiger partial charge in [-0.3, -0.25) is 9.80 Å². The second-order valence-electron chi connectivity index (χ2n) is 6.70. The second-order valence-corrected chi connectivity index (χ2v) is 6.70. The molecule has 2 saturated heterocycles. The van der Waals surface area contributed by atoms with Crippen LogP contribution in [0.5, 0.6) is 0 Å². The Labute approximate surface area is 145 Å². The number of hydrogen-bond donors (Lipinski definition) is 0. The highest BCUT2D eigenvalue weighted by Gasteiger charge is 2.26. The molecule has 0 bridgehead atoms. The summed E-state index contributed by atoms with van der Waals surface area (Å²) in [6.45, 7) is 15.2. The third-order valence-corrected chi connectivity index (χ3v) is 4.31. The average Bonchev–Trinajstić information content (AvgIpc) is 3.45. The van der Waals surface area contributed by atoms with Gasteiger partial charge in [0.25, 0.3) is 0 Å².